The van der Waals surface area contributed by atoms with Crippen LogP contribution in [0.1, 0.15) is 30.7 Å². The number of aromatic amines is 1. The van der Waals surface area contributed by atoms with Crippen molar-refractivity contribution < 1.29 is 9.59 Å². The summed E-state index contributed by atoms with van der Waals surface area (Å²) < 4.78 is 0. The first-order chi connectivity index (χ1) is 12.0. The summed E-state index contributed by atoms with van der Waals surface area (Å²) in [7, 11) is 0. The maximum Gasteiger partial charge on any atom is 0.245 e. The average Bonchev–Trinajstić information content (AvgIpc) is 3.07. The number of carbonyl (C=O) groups is 2. The maximum absolute atomic E-state index is 12.9. The number of carbonyl (C=O) groups excluding carboxylic acids is 2. The van der Waals surface area contributed by atoms with Crippen molar-refractivity contribution >= 4 is 11.8 Å². The molecule has 1 aromatic carbocycles. The van der Waals surface area contributed by atoms with Crippen molar-refractivity contribution in [3.63, 3.8) is 0 Å². The molecular formula is C19H24N4O2. The first-order valence-corrected chi connectivity index (χ1v) is 8.68. The Labute approximate surface area is 147 Å². The van der Waals surface area contributed by atoms with Crippen LogP contribution in [0.4, 0.5) is 0 Å². The molecule has 2 N–H and O–H groups in total. The summed E-state index contributed by atoms with van der Waals surface area (Å²) in [5.41, 5.74) is 3.09. The normalized spacial score (nSPS) is 14.9. The van der Waals surface area contributed by atoms with Crippen molar-refractivity contribution in [2.45, 2.75) is 39.3 Å². The summed E-state index contributed by atoms with van der Waals surface area (Å²) in [5.74, 6) is -0.125. The SMILES string of the molecule is CC(C)C(NC(=O)Cc1ccccc1)C(=O)N1CCc2[nH]ncc2C1. The minimum Gasteiger partial charge on any atom is -0.344 e. The van der Waals surface area contributed by atoms with Gasteiger partial charge < -0.3 is 10.2 Å². The van der Waals surface area contributed by atoms with Gasteiger partial charge in [0.25, 0.3) is 0 Å². The van der Waals surface area contributed by atoms with Crippen LogP contribution < -0.4 is 5.32 Å². The molecule has 1 atom stereocenters. The molecule has 0 spiro atoms. The van der Waals surface area contributed by atoms with Crippen LogP contribution in [-0.4, -0.2) is 39.5 Å². The van der Waals surface area contributed by atoms with E-state index in [-0.39, 0.29) is 24.2 Å². The van der Waals surface area contributed by atoms with Crippen molar-refractivity contribution in [2.75, 3.05) is 6.54 Å². The maximum atomic E-state index is 12.9. The number of H-pyrrole nitrogens is 1. The van der Waals surface area contributed by atoms with Gasteiger partial charge in [0.05, 0.1) is 12.6 Å². The van der Waals surface area contributed by atoms with Gasteiger partial charge in [-0.3, -0.25) is 14.7 Å². The molecule has 0 radical (unpaired) electrons. The topological polar surface area (TPSA) is 78.1 Å². The van der Waals surface area contributed by atoms with Gasteiger partial charge in [0.15, 0.2) is 0 Å². The number of hydrogen-bond acceptors (Lipinski definition) is 3. The lowest BCUT2D eigenvalue weighted by molar-refractivity contribution is -0.138. The smallest absolute Gasteiger partial charge is 0.245 e. The van der Waals surface area contributed by atoms with Crippen LogP contribution in [-0.2, 0) is 29.0 Å². The quantitative estimate of drug-likeness (QED) is 0.869. The third kappa shape index (κ3) is 4.07. The molecule has 25 heavy (non-hydrogen) atoms. The number of rotatable bonds is 5. The second-order valence-corrected chi connectivity index (χ2v) is 6.84. The van der Waals surface area contributed by atoms with Gasteiger partial charge in [-0.2, -0.15) is 5.10 Å². The lowest BCUT2D eigenvalue weighted by Gasteiger charge is -2.32. The lowest BCUT2D eigenvalue weighted by Crippen LogP contribution is -2.52. The minimum atomic E-state index is -0.510. The van der Waals surface area contributed by atoms with Gasteiger partial charge in [-0.1, -0.05) is 44.2 Å². The van der Waals surface area contributed by atoms with E-state index in [1.807, 2.05) is 49.1 Å². The van der Waals surface area contributed by atoms with Crippen LogP contribution in [0.3, 0.4) is 0 Å². The number of nitrogens with zero attached hydrogens (tertiary/aromatic N) is 2. The Hall–Kier alpha value is -2.63. The summed E-state index contributed by atoms with van der Waals surface area (Å²) in [6.45, 7) is 5.10. The van der Waals surface area contributed by atoms with Gasteiger partial charge in [-0.25, -0.2) is 0 Å². The van der Waals surface area contributed by atoms with Gasteiger partial charge in [-0.15, -0.1) is 0 Å². The van der Waals surface area contributed by atoms with Crippen LogP contribution in [0, 0.1) is 5.92 Å². The summed E-state index contributed by atoms with van der Waals surface area (Å²) in [6, 6.07) is 9.05. The van der Waals surface area contributed by atoms with Gasteiger partial charge in [-0.05, 0) is 11.5 Å². The highest BCUT2D eigenvalue weighted by molar-refractivity contribution is 5.88. The Balaban J connectivity index is 1.64. The average molecular weight is 340 g/mol. The second-order valence-electron chi connectivity index (χ2n) is 6.84. The summed E-state index contributed by atoms with van der Waals surface area (Å²) in [5, 5.41) is 9.94. The first kappa shape index (κ1) is 17.2. The number of fused-ring (bicyclic) bond motifs is 1. The van der Waals surface area contributed by atoms with Gasteiger partial charge in [0.1, 0.15) is 6.04 Å². The van der Waals surface area contributed by atoms with Gasteiger partial charge >= 0.3 is 0 Å². The van der Waals surface area contributed by atoms with E-state index in [9.17, 15) is 9.59 Å². The third-order valence-corrected chi connectivity index (χ3v) is 4.57. The Morgan fingerprint density at radius 1 is 1.28 bits per heavy atom. The molecule has 6 heteroatoms. The Kier molecular flexibility index (Phi) is 5.16. The molecule has 6 nitrogen and oxygen atoms in total. The van der Waals surface area contributed by atoms with Crippen molar-refractivity contribution in [1.29, 1.82) is 0 Å². The molecule has 1 aromatic heterocycles. The molecule has 1 aliphatic rings. The van der Waals surface area contributed by atoms with Crippen LogP contribution in [0.5, 0.6) is 0 Å². The molecule has 0 saturated heterocycles. The number of benzene rings is 1. The second kappa shape index (κ2) is 7.51. The summed E-state index contributed by atoms with van der Waals surface area (Å²) >= 11 is 0. The van der Waals surface area contributed by atoms with Crippen LogP contribution in [0.15, 0.2) is 36.5 Å². The number of aromatic nitrogens is 2. The zero-order valence-corrected chi connectivity index (χ0v) is 14.7. The number of amides is 2. The fourth-order valence-electron chi connectivity index (χ4n) is 3.13. The first-order valence-electron chi connectivity index (χ1n) is 8.68. The van der Waals surface area contributed by atoms with E-state index in [0.717, 1.165) is 23.2 Å². The molecule has 1 aliphatic heterocycles. The Morgan fingerprint density at radius 2 is 2.04 bits per heavy atom. The Bertz CT molecular complexity index is 739. The van der Waals surface area contributed by atoms with Gasteiger partial charge in [0.2, 0.25) is 11.8 Å². The molecule has 0 saturated carbocycles. The fourth-order valence-corrected chi connectivity index (χ4v) is 3.13. The van der Waals surface area contributed by atoms with E-state index in [2.05, 4.69) is 15.5 Å². The van der Waals surface area contributed by atoms with E-state index in [1.54, 1.807) is 6.20 Å². The van der Waals surface area contributed by atoms with E-state index >= 15 is 0 Å². The van der Waals surface area contributed by atoms with Gasteiger partial charge in [0, 0.05) is 30.8 Å². The minimum absolute atomic E-state index is 0.0248. The largest absolute Gasteiger partial charge is 0.344 e. The number of nitrogens with one attached hydrogen (secondary N) is 2. The van der Waals surface area contributed by atoms with E-state index in [0.29, 0.717) is 13.1 Å². The van der Waals surface area contributed by atoms with Crippen LogP contribution >= 0.6 is 0 Å². The van der Waals surface area contributed by atoms with Crippen molar-refractivity contribution in [3.8, 4) is 0 Å². The highest BCUT2D eigenvalue weighted by atomic mass is 16.2. The van der Waals surface area contributed by atoms with E-state index in [4.69, 9.17) is 0 Å². The fraction of sp³-hybridized carbons (Fsp3) is 0.421. The molecule has 2 aromatic rings. The number of hydrogen-bond donors (Lipinski definition) is 2. The van der Waals surface area contributed by atoms with E-state index < -0.39 is 6.04 Å². The predicted molar refractivity (Wildman–Crippen MR) is 94.6 cm³/mol. The summed E-state index contributed by atoms with van der Waals surface area (Å²) in [4.78, 5) is 27.1. The highest BCUT2D eigenvalue weighted by Crippen LogP contribution is 2.18. The van der Waals surface area contributed by atoms with Crippen LogP contribution in [0.2, 0.25) is 0 Å². The monoisotopic (exact) mass is 340 g/mol. The Morgan fingerprint density at radius 3 is 2.76 bits per heavy atom. The molecule has 0 aliphatic carbocycles. The molecule has 0 fully saturated rings. The lowest BCUT2D eigenvalue weighted by atomic mass is 10.00. The molecule has 2 amide bonds. The van der Waals surface area contributed by atoms with Crippen molar-refractivity contribution in [2.24, 2.45) is 5.92 Å². The highest BCUT2D eigenvalue weighted by Gasteiger charge is 2.31. The summed E-state index contributed by atoms with van der Waals surface area (Å²) in [6.07, 6.45) is 2.82. The molecular weight excluding hydrogens is 316 g/mol. The predicted octanol–water partition coefficient (Wildman–Crippen LogP) is 1.68. The van der Waals surface area contributed by atoms with Crippen molar-refractivity contribution in [3.05, 3.63) is 53.3 Å². The van der Waals surface area contributed by atoms with E-state index in [1.165, 1.54) is 0 Å². The third-order valence-electron chi connectivity index (χ3n) is 4.57. The van der Waals surface area contributed by atoms with Crippen LogP contribution in [0.25, 0.3) is 0 Å². The zero-order valence-electron chi connectivity index (χ0n) is 14.7. The molecule has 132 valence electrons. The molecule has 0 bridgehead atoms. The van der Waals surface area contributed by atoms with Crippen molar-refractivity contribution in [1.82, 2.24) is 20.4 Å². The molecule has 1 unspecified atom stereocenters. The molecule has 3 rings (SSSR count). The zero-order chi connectivity index (χ0) is 17.8. The molecule has 2 heterocycles. The standard InChI is InChI=1S/C19H24N4O2/c1-13(2)18(21-17(24)10-14-6-4-3-5-7-14)19(25)23-9-8-16-15(12-23)11-20-22-16/h3-7,11,13,18H,8-10,12H2,1-2H3,(H,20,22)(H,21,24).